The number of carbonyl (C=O) groups excluding carboxylic acids is 1. The zero-order valence-electron chi connectivity index (χ0n) is 12.1. The topological polar surface area (TPSA) is 46.3 Å². The molecule has 3 nitrogen and oxygen atoms in total. The van der Waals surface area contributed by atoms with Crippen LogP contribution >= 0.6 is 27.3 Å². The molecule has 1 fully saturated rings. The molecule has 0 aliphatic carbocycles. The van der Waals surface area contributed by atoms with E-state index in [0.717, 1.165) is 34.1 Å². The Labute approximate surface area is 137 Å². The number of likely N-dealkylation sites (tertiary alicyclic amines) is 1. The van der Waals surface area contributed by atoms with Crippen LogP contribution in [0.1, 0.15) is 35.9 Å². The number of nitrogens with two attached hydrogens (primary N) is 1. The highest BCUT2D eigenvalue weighted by Crippen LogP contribution is 2.39. The van der Waals surface area contributed by atoms with Gasteiger partial charge in [-0.25, -0.2) is 0 Å². The number of fused-ring (bicyclic) bond motifs is 1. The molecule has 1 saturated heterocycles. The van der Waals surface area contributed by atoms with Gasteiger partial charge in [-0.2, -0.15) is 0 Å². The molecule has 1 aliphatic rings. The number of hydrogen-bond donors (Lipinski definition) is 1. The van der Waals surface area contributed by atoms with Crippen LogP contribution in [0.3, 0.4) is 0 Å². The average Bonchev–Trinajstić information content (AvgIpc) is 3.05. The Morgan fingerprint density at radius 1 is 1.52 bits per heavy atom. The monoisotopic (exact) mass is 366 g/mol. The molecule has 0 radical (unpaired) electrons. The van der Waals surface area contributed by atoms with Crippen molar-refractivity contribution in [3.63, 3.8) is 0 Å². The molecular weight excluding hydrogens is 348 g/mol. The Balaban J connectivity index is 1.89. The second-order valence-electron chi connectivity index (χ2n) is 5.65. The molecule has 21 heavy (non-hydrogen) atoms. The maximum atomic E-state index is 12.7. The minimum Gasteiger partial charge on any atom is -0.397 e. The molecule has 2 heterocycles. The first kappa shape index (κ1) is 14.9. The first-order valence-corrected chi connectivity index (χ1v) is 8.98. The lowest BCUT2D eigenvalue weighted by atomic mass is 10.0. The molecule has 112 valence electrons. The van der Waals surface area contributed by atoms with Crippen LogP contribution < -0.4 is 5.73 Å². The van der Waals surface area contributed by atoms with E-state index in [0.29, 0.717) is 16.5 Å². The predicted molar refractivity (Wildman–Crippen MR) is 92.9 cm³/mol. The van der Waals surface area contributed by atoms with Gasteiger partial charge in [0, 0.05) is 27.6 Å². The van der Waals surface area contributed by atoms with Gasteiger partial charge in [-0.05, 0) is 30.9 Å². The Kier molecular flexibility index (Phi) is 4.22. The maximum absolute atomic E-state index is 12.7. The van der Waals surface area contributed by atoms with Gasteiger partial charge >= 0.3 is 0 Å². The van der Waals surface area contributed by atoms with Crippen LogP contribution in [-0.2, 0) is 0 Å². The van der Waals surface area contributed by atoms with Crippen LogP contribution in [0.15, 0.2) is 22.7 Å². The fraction of sp³-hybridized carbons (Fsp3) is 0.438. The van der Waals surface area contributed by atoms with Crippen molar-refractivity contribution in [1.29, 1.82) is 0 Å². The second kappa shape index (κ2) is 5.97. The molecule has 0 spiro atoms. The van der Waals surface area contributed by atoms with E-state index in [2.05, 4.69) is 22.9 Å². The van der Waals surface area contributed by atoms with Gasteiger partial charge in [0.05, 0.1) is 5.69 Å². The van der Waals surface area contributed by atoms with Crippen LogP contribution in [0.4, 0.5) is 5.69 Å². The summed E-state index contributed by atoms with van der Waals surface area (Å²) in [5.41, 5.74) is 6.85. The Bertz CT molecular complexity index is 682. The van der Waals surface area contributed by atoms with Gasteiger partial charge in [0.25, 0.3) is 5.91 Å². The molecule has 2 N–H and O–H groups in total. The highest BCUT2D eigenvalue weighted by Gasteiger charge is 2.29. The van der Waals surface area contributed by atoms with Crippen molar-refractivity contribution in [2.24, 2.45) is 5.92 Å². The molecule has 0 saturated carbocycles. The number of nitrogen functional groups attached to an aromatic ring is 1. The number of hydrogen-bond acceptors (Lipinski definition) is 3. The Morgan fingerprint density at radius 2 is 2.33 bits per heavy atom. The van der Waals surface area contributed by atoms with E-state index in [9.17, 15) is 4.79 Å². The average molecular weight is 367 g/mol. The van der Waals surface area contributed by atoms with Gasteiger partial charge in [0.2, 0.25) is 0 Å². The standard InChI is InChI=1S/C16H19BrN2OS/c1-2-4-10-7-8-19(9-10)16(20)15-14(18)13-11(17)5-3-6-12(13)21-15/h3,5-6,10H,2,4,7-9,18H2,1H3. The zero-order valence-corrected chi connectivity index (χ0v) is 14.5. The number of anilines is 1. The van der Waals surface area contributed by atoms with Crippen molar-refractivity contribution in [3.05, 3.63) is 27.5 Å². The highest BCUT2D eigenvalue weighted by atomic mass is 79.9. The van der Waals surface area contributed by atoms with E-state index in [1.165, 1.54) is 24.2 Å². The van der Waals surface area contributed by atoms with Crippen molar-refractivity contribution in [3.8, 4) is 0 Å². The van der Waals surface area contributed by atoms with Crippen LogP contribution in [0, 0.1) is 5.92 Å². The predicted octanol–water partition coefficient (Wildman–Crippen LogP) is 4.51. The summed E-state index contributed by atoms with van der Waals surface area (Å²) in [4.78, 5) is 15.4. The third-order valence-corrected chi connectivity index (χ3v) is 5.99. The summed E-state index contributed by atoms with van der Waals surface area (Å²) in [5.74, 6) is 0.750. The van der Waals surface area contributed by atoms with E-state index >= 15 is 0 Å². The third-order valence-electron chi connectivity index (χ3n) is 4.17. The van der Waals surface area contributed by atoms with Gasteiger partial charge < -0.3 is 10.6 Å². The summed E-state index contributed by atoms with van der Waals surface area (Å²) in [6.07, 6.45) is 3.51. The summed E-state index contributed by atoms with van der Waals surface area (Å²) in [5, 5.41) is 0.968. The number of benzene rings is 1. The highest BCUT2D eigenvalue weighted by molar-refractivity contribution is 9.10. The molecule has 1 amide bonds. The number of rotatable bonds is 3. The van der Waals surface area contributed by atoms with E-state index in [1.807, 2.05) is 23.1 Å². The lowest BCUT2D eigenvalue weighted by Gasteiger charge is -2.15. The van der Waals surface area contributed by atoms with E-state index in [1.54, 1.807) is 0 Å². The number of amides is 1. The first-order chi connectivity index (χ1) is 10.1. The molecule has 3 rings (SSSR count). The number of nitrogens with zero attached hydrogens (tertiary/aromatic N) is 1. The molecule has 2 aromatic rings. The van der Waals surface area contributed by atoms with Crippen molar-refractivity contribution in [1.82, 2.24) is 4.90 Å². The molecule has 1 aromatic carbocycles. The van der Waals surface area contributed by atoms with Gasteiger partial charge in [-0.3, -0.25) is 4.79 Å². The summed E-state index contributed by atoms with van der Waals surface area (Å²) in [7, 11) is 0. The molecule has 0 bridgehead atoms. The quantitative estimate of drug-likeness (QED) is 0.868. The Morgan fingerprint density at radius 3 is 3.05 bits per heavy atom. The summed E-state index contributed by atoms with van der Waals surface area (Å²) >= 11 is 5.03. The zero-order chi connectivity index (χ0) is 15.0. The van der Waals surface area contributed by atoms with Crippen molar-refractivity contribution < 1.29 is 4.79 Å². The van der Waals surface area contributed by atoms with Gasteiger partial charge in [-0.15, -0.1) is 11.3 Å². The van der Waals surface area contributed by atoms with Crippen molar-refractivity contribution in [2.45, 2.75) is 26.2 Å². The Hall–Kier alpha value is -1.07. The van der Waals surface area contributed by atoms with Crippen molar-refractivity contribution >= 4 is 48.9 Å². The number of thiophene rings is 1. The fourth-order valence-electron chi connectivity index (χ4n) is 3.09. The molecule has 1 aliphatic heterocycles. The fourth-order valence-corrected chi connectivity index (χ4v) is 4.92. The van der Waals surface area contributed by atoms with Gasteiger partial charge in [0.15, 0.2) is 0 Å². The van der Waals surface area contributed by atoms with E-state index in [-0.39, 0.29) is 5.91 Å². The third kappa shape index (κ3) is 2.69. The molecule has 1 unspecified atom stereocenters. The normalized spacial score (nSPS) is 18.6. The number of halogens is 1. The van der Waals surface area contributed by atoms with Crippen LogP contribution in [0.2, 0.25) is 0 Å². The largest absolute Gasteiger partial charge is 0.397 e. The first-order valence-electron chi connectivity index (χ1n) is 7.37. The SMILES string of the molecule is CCCC1CCN(C(=O)c2sc3cccc(Br)c3c2N)C1. The lowest BCUT2D eigenvalue weighted by Crippen LogP contribution is -2.28. The van der Waals surface area contributed by atoms with Crippen LogP contribution in [0.5, 0.6) is 0 Å². The summed E-state index contributed by atoms with van der Waals surface area (Å²) < 4.78 is 2.02. The molecule has 5 heteroatoms. The summed E-state index contributed by atoms with van der Waals surface area (Å²) in [6, 6.07) is 5.96. The lowest BCUT2D eigenvalue weighted by molar-refractivity contribution is 0.0792. The summed E-state index contributed by atoms with van der Waals surface area (Å²) in [6.45, 7) is 3.94. The van der Waals surface area contributed by atoms with E-state index < -0.39 is 0 Å². The minimum absolute atomic E-state index is 0.0965. The van der Waals surface area contributed by atoms with Gasteiger partial charge in [0.1, 0.15) is 4.88 Å². The van der Waals surface area contributed by atoms with E-state index in [4.69, 9.17) is 5.73 Å². The molecular formula is C16H19BrN2OS. The minimum atomic E-state index is 0.0965. The molecule has 1 aromatic heterocycles. The van der Waals surface area contributed by atoms with Crippen LogP contribution in [-0.4, -0.2) is 23.9 Å². The maximum Gasteiger partial charge on any atom is 0.266 e. The van der Waals surface area contributed by atoms with Gasteiger partial charge in [-0.1, -0.05) is 35.3 Å². The van der Waals surface area contributed by atoms with Crippen LogP contribution in [0.25, 0.3) is 10.1 Å². The smallest absolute Gasteiger partial charge is 0.266 e. The second-order valence-corrected chi connectivity index (χ2v) is 7.56. The van der Waals surface area contributed by atoms with Crippen molar-refractivity contribution in [2.75, 3.05) is 18.8 Å². The molecule has 1 atom stereocenters. The number of carbonyl (C=O) groups is 1.